The van der Waals surface area contributed by atoms with Crippen molar-refractivity contribution in [3.8, 4) is 5.75 Å². The van der Waals surface area contributed by atoms with Gasteiger partial charge < -0.3 is 34.0 Å². The van der Waals surface area contributed by atoms with Crippen molar-refractivity contribution in [2.75, 3.05) is 94.5 Å². The van der Waals surface area contributed by atoms with Crippen molar-refractivity contribution in [1.29, 1.82) is 0 Å². The standard InChI is InChI=1S/C42H47N9O5S/c1-46(2)34-14-8-12-31-30(34)11-9-15-38(31)57(54,55)56-37-26-28(40(52)51-20-18-29(19-21-51)50-24-22-47(3)23-25-50)16-17-33(37)44-42-43-27-36-39(45-42)48(4)35-13-7-6-10-32(35)41(53)49(36)5/h6-17,26-27,29H,18-25H2,1-5H3,(H,43,44,45). The molecular formula is C42H47N9O5S. The molecule has 3 aliphatic rings. The van der Waals surface area contributed by atoms with Gasteiger partial charge in [0.1, 0.15) is 10.6 Å². The molecule has 2 fully saturated rings. The van der Waals surface area contributed by atoms with Gasteiger partial charge in [0, 0.05) is 95.5 Å². The Bertz CT molecular complexity index is 2460. The molecule has 0 saturated carbocycles. The maximum absolute atomic E-state index is 14.3. The molecule has 57 heavy (non-hydrogen) atoms. The second-order valence-corrected chi connectivity index (χ2v) is 16.6. The monoisotopic (exact) mass is 789 g/mol. The van der Waals surface area contributed by atoms with E-state index in [2.05, 4.69) is 27.1 Å². The third-order valence-electron chi connectivity index (χ3n) is 11.3. The molecule has 1 N–H and O–H groups in total. The summed E-state index contributed by atoms with van der Waals surface area (Å²) < 4.78 is 34.6. The lowest BCUT2D eigenvalue weighted by molar-refractivity contribution is 0.0518. The summed E-state index contributed by atoms with van der Waals surface area (Å²) in [6.07, 6.45) is 3.29. The van der Waals surface area contributed by atoms with E-state index in [-0.39, 0.29) is 34.1 Å². The molecule has 0 radical (unpaired) electrons. The lowest BCUT2D eigenvalue weighted by Gasteiger charge is -2.42. The van der Waals surface area contributed by atoms with Gasteiger partial charge in [0.25, 0.3) is 11.8 Å². The van der Waals surface area contributed by atoms with Gasteiger partial charge in [-0.2, -0.15) is 13.4 Å². The number of para-hydroxylation sites is 1. The number of benzene rings is 4. The van der Waals surface area contributed by atoms with Crippen LogP contribution in [0.15, 0.2) is 90.0 Å². The third kappa shape index (κ3) is 7.33. The molecular weight excluding hydrogens is 743 g/mol. The quantitative estimate of drug-likeness (QED) is 0.201. The van der Waals surface area contributed by atoms with E-state index in [1.165, 1.54) is 17.0 Å². The van der Waals surface area contributed by atoms with Crippen molar-refractivity contribution in [2.24, 2.45) is 0 Å². The van der Waals surface area contributed by atoms with Crippen LogP contribution in [-0.2, 0) is 10.1 Å². The number of hydrogen-bond acceptors (Lipinski definition) is 12. The summed E-state index contributed by atoms with van der Waals surface area (Å²) in [4.78, 5) is 48.7. The Morgan fingerprint density at radius 2 is 1.54 bits per heavy atom. The molecule has 15 heteroatoms. The maximum atomic E-state index is 14.3. The van der Waals surface area contributed by atoms with Gasteiger partial charge in [-0.1, -0.05) is 36.4 Å². The Labute approximate surface area is 333 Å². The lowest BCUT2D eigenvalue weighted by atomic mass is 10.0. The molecule has 0 bridgehead atoms. The van der Waals surface area contributed by atoms with E-state index >= 15 is 0 Å². The Kier molecular flexibility index (Phi) is 10.2. The van der Waals surface area contributed by atoms with Gasteiger partial charge >= 0.3 is 10.1 Å². The van der Waals surface area contributed by atoms with Crippen molar-refractivity contribution in [1.82, 2.24) is 24.7 Å². The second-order valence-electron chi connectivity index (χ2n) is 15.1. The highest BCUT2D eigenvalue weighted by Crippen LogP contribution is 2.40. The lowest BCUT2D eigenvalue weighted by Crippen LogP contribution is -2.52. The van der Waals surface area contributed by atoms with E-state index in [9.17, 15) is 18.0 Å². The number of rotatable bonds is 8. The number of piperazine rings is 1. The summed E-state index contributed by atoms with van der Waals surface area (Å²) in [6.45, 7) is 5.34. The van der Waals surface area contributed by atoms with E-state index in [1.807, 2.05) is 72.2 Å². The number of likely N-dealkylation sites (N-methyl/N-ethyl adjacent to an activating group) is 1. The van der Waals surface area contributed by atoms with E-state index in [0.717, 1.165) is 50.1 Å². The zero-order valence-corrected chi connectivity index (χ0v) is 33.7. The van der Waals surface area contributed by atoms with Crippen molar-refractivity contribution in [3.05, 3.63) is 96.2 Å². The topological polar surface area (TPSA) is 135 Å². The van der Waals surface area contributed by atoms with Crippen LogP contribution in [0.4, 0.5) is 34.5 Å². The van der Waals surface area contributed by atoms with Crippen LogP contribution >= 0.6 is 0 Å². The van der Waals surface area contributed by atoms with Crippen molar-refractivity contribution < 1.29 is 22.2 Å². The highest BCUT2D eigenvalue weighted by molar-refractivity contribution is 7.87. The Morgan fingerprint density at radius 3 is 2.30 bits per heavy atom. The molecule has 3 aliphatic heterocycles. The minimum absolute atomic E-state index is 0.00775. The van der Waals surface area contributed by atoms with Gasteiger partial charge in [0.2, 0.25) is 5.95 Å². The molecule has 0 aliphatic carbocycles. The van der Waals surface area contributed by atoms with Crippen molar-refractivity contribution in [2.45, 2.75) is 23.8 Å². The zero-order chi connectivity index (χ0) is 40.0. The highest BCUT2D eigenvalue weighted by Gasteiger charge is 2.32. The average molecular weight is 790 g/mol. The summed E-state index contributed by atoms with van der Waals surface area (Å²) in [5, 5.41) is 4.41. The molecule has 0 spiro atoms. The number of piperidine rings is 1. The Morgan fingerprint density at radius 1 is 0.825 bits per heavy atom. The number of carbonyl (C=O) groups excluding carboxylic acids is 2. The molecule has 0 atom stereocenters. The number of nitrogens with zero attached hydrogens (tertiary/aromatic N) is 8. The van der Waals surface area contributed by atoms with Crippen LogP contribution in [0.25, 0.3) is 10.8 Å². The van der Waals surface area contributed by atoms with Gasteiger partial charge in [-0.05, 0) is 62.4 Å². The molecule has 2 amide bonds. The molecule has 5 aromatic rings. The van der Waals surface area contributed by atoms with Gasteiger partial charge in [-0.15, -0.1) is 0 Å². The number of anilines is 6. The van der Waals surface area contributed by atoms with Crippen LogP contribution in [0.2, 0.25) is 0 Å². The smallest absolute Gasteiger partial charge is 0.339 e. The van der Waals surface area contributed by atoms with Crippen molar-refractivity contribution >= 4 is 67.2 Å². The fraction of sp³-hybridized carbons (Fsp3) is 0.333. The van der Waals surface area contributed by atoms with Gasteiger partial charge in [0.15, 0.2) is 11.6 Å². The van der Waals surface area contributed by atoms with Gasteiger partial charge in [0.05, 0.1) is 23.1 Å². The Balaban J connectivity index is 1.13. The van der Waals surface area contributed by atoms with Crippen molar-refractivity contribution in [3.63, 3.8) is 0 Å². The predicted octanol–water partition coefficient (Wildman–Crippen LogP) is 5.42. The first-order chi connectivity index (χ1) is 27.4. The van der Waals surface area contributed by atoms with Gasteiger partial charge in [-0.25, -0.2) is 4.98 Å². The summed E-state index contributed by atoms with van der Waals surface area (Å²) in [5.41, 5.74) is 3.08. The summed E-state index contributed by atoms with van der Waals surface area (Å²) >= 11 is 0. The van der Waals surface area contributed by atoms with Crippen LogP contribution in [-0.4, -0.2) is 125 Å². The zero-order valence-electron chi connectivity index (χ0n) is 32.8. The highest BCUT2D eigenvalue weighted by atomic mass is 32.2. The number of likely N-dealkylation sites (tertiary alicyclic amines) is 1. The van der Waals surface area contributed by atoms with E-state index in [0.29, 0.717) is 52.8 Å². The molecule has 8 rings (SSSR count). The first kappa shape index (κ1) is 38.1. The number of nitrogens with one attached hydrogen (secondary N) is 1. The molecule has 4 aromatic carbocycles. The minimum Gasteiger partial charge on any atom is -0.377 e. The fourth-order valence-electron chi connectivity index (χ4n) is 8.05. The number of aromatic nitrogens is 2. The minimum atomic E-state index is -4.45. The molecule has 296 valence electrons. The first-order valence-electron chi connectivity index (χ1n) is 19.1. The van der Waals surface area contributed by atoms with Crippen LogP contribution in [0, 0.1) is 0 Å². The van der Waals surface area contributed by atoms with Gasteiger partial charge in [-0.3, -0.25) is 14.5 Å². The molecule has 14 nitrogen and oxygen atoms in total. The summed E-state index contributed by atoms with van der Waals surface area (Å²) in [7, 11) is 4.99. The summed E-state index contributed by atoms with van der Waals surface area (Å²) in [6, 6.07) is 23.0. The summed E-state index contributed by atoms with van der Waals surface area (Å²) in [5.74, 6) is 0.113. The van der Waals surface area contributed by atoms with E-state index in [1.54, 1.807) is 43.6 Å². The number of fused-ring (bicyclic) bond motifs is 3. The molecule has 0 unspecified atom stereocenters. The van der Waals surface area contributed by atoms with Crippen LogP contribution in [0.1, 0.15) is 33.6 Å². The van der Waals surface area contributed by atoms with E-state index < -0.39 is 10.1 Å². The number of amides is 2. The van der Waals surface area contributed by atoms with Crippen LogP contribution < -0.4 is 24.2 Å². The maximum Gasteiger partial charge on any atom is 0.339 e. The van der Waals surface area contributed by atoms with Crippen LogP contribution in [0.3, 0.4) is 0 Å². The average Bonchev–Trinajstić information content (AvgIpc) is 3.29. The Hall–Kier alpha value is -5.77. The molecule has 1 aromatic heterocycles. The third-order valence-corrected chi connectivity index (χ3v) is 12.6. The fourth-order valence-corrected chi connectivity index (χ4v) is 9.21. The SMILES string of the molecule is CN1CCN(C2CCN(C(=O)c3ccc(Nc4ncc5c(n4)N(C)c4ccccc4C(=O)N5C)c(OS(=O)(=O)c4cccc5c(N(C)C)cccc45)c3)CC2)CC1. The molecule has 2 saturated heterocycles. The second kappa shape index (κ2) is 15.3. The van der Waals surface area contributed by atoms with E-state index in [4.69, 9.17) is 9.17 Å². The van der Waals surface area contributed by atoms with Crippen LogP contribution in [0.5, 0.6) is 5.75 Å². The largest absolute Gasteiger partial charge is 0.377 e. The number of hydrogen-bond donors (Lipinski definition) is 1. The first-order valence-corrected chi connectivity index (χ1v) is 20.5. The molecule has 4 heterocycles. The normalized spacial score (nSPS) is 16.9. The number of carbonyl (C=O) groups is 2. The predicted molar refractivity (Wildman–Crippen MR) is 223 cm³/mol.